The summed E-state index contributed by atoms with van der Waals surface area (Å²) >= 11 is 6.26. The quantitative estimate of drug-likeness (QED) is 0.325. The van der Waals surface area contributed by atoms with Crippen molar-refractivity contribution in [2.24, 2.45) is 5.10 Å². The summed E-state index contributed by atoms with van der Waals surface area (Å²) in [6, 6.07) is 18.5. The van der Waals surface area contributed by atoms with Gasteiger partial charge in [-0.1, -0.05) is 53.6 Å². The van der Waals surface area contributed by atoms with Gasteiger partial charge in [-0.2, -0.15) is 9.41 Å². The molecular weight excluding hydrogens is 490 g/mol. The fourth-order valence-corrected chi connectivity index (χ4v) is 4.85. The number of hydrogen-bond acceptors (Lipinski definition) is 6. The van der Waals surface area contributed by atoms with Crippen LogP contribution < -0.4 is 14.9 Å². The maximum absolute atomic E-state index is 13.4. The molecule has 0 saturated heterocycles. The van der Waals surface area contributed by atoms with E-state index in [1.54, 1.807) is 54.6 Å². The van der Waals surface area contributed by atoms with Crippen LogP contribution in [0.1, 0.15) is 16.7 Å². The van der Waals surface area contributed by atoms with E-state index >= 15 is 0 Å². The molecule has 184 valence electrons. The van der Waals surface area contributed by atoms with Gasteiger partial charge in [0.15, 0.2) is 11.5 Å². The number of nitrogens with zero attached hydrogens (tertiary/aromatic N) is 2. The van der Waals surface area contributed by atoms with Crippen molar-refractivity contribution in [1.29, 1.82) is 0 Å². The number of sulfonamides is 1. The molecule has 35 heavy (non-hydrogen) atoms. The van der Waals surface area contributed by atoms with Gasteiger partial charge in [0.1, 0.15) is 0 Å². The number of amides is 1. The highest BCUT2D eigenvalue weighted by Crippen LogP contribution is 2.29. The van der Waals surface area contributed by atoms with Crippen molar-refractivity contribution in [1.82, 2.24) is 9.73 Å². The summed E-state index contributed by atoms with van der Waals surface area (Å²) in [6.45, 7) is 1.31. The van der Waals surface area contributed by atoms with Crippen molar-refractivity contribution in [3.05, 3.63) is 88.4 Å². The number of aryl methyl sites for hydroxylation is 1. The molecule has 0 aliphatic rings. The molecule has 3 aromatic carbocycles. The minimum absolute atomic E-state index is 0.0765. The second-order valence-electron chi connectivity index (χ2n) is 7.55. The van der Waals surface area contributed by atoms with Crippen LogP contribution in [-0.4, -0.2) is 45.6 Å². The molecule has 0 saturated carbocycles. The first-order chi connectivity index (χ1) is 16.8. The van der Waals surface area contributed by atoms with Crippen molar-refractivity contribution < 1.29 is 22.7 Å². The lowest BCUT2D eigenvalue weighted by Gasteiger charge is -2.22. The maximum Gasteiger partial charge on any atom is 0.255 e. The topological polar surface area (TPSA) is 97.3 Å². The summed E-state index contributed by atoms with van der Waals surface area (Å²) in [4.78, 5) is 12.8. The molecule has 3 aromatic rings. The normalized spacial score (nSPS) is 11.6. The summed E-state index contributed by atoms with van der Waals surface area (Å²) in [7, 11) is -0.986. The first-order valence-electron chi connectivity index (χ1n) is 10.6. The van der Waals surface area contributed by atoms with Crippen LogP contribution >= 0.6 is 11.6 Å². The highest BCUT2D eigenvalue weighted by atomic mass is 35.5. The number of hydrazone groups is 1. The van der Waals surface area contributed by atoms with Crippen LogP contribution in [0.5, 0.6) is 11.5 Å². The number of para-hydroxylation sites is 1. The van der Waals surface area contributed by atoms with E-state index in [1.165, 1.54) is 32.6 Å². The van der Waals surface area contributed by atoms with Crippen LogP contribution in [0.15, 0.2) is 76.7 Å². The van der Waals surface area contributed by atoms with E-state index in [-0.39, 0.29) is 11.4 Å². The monoisotopic (exact) mass is 515 g/mol. The average Bonchev–Trinajstić information content (AvgIpc) is 2.85. The summed E-state index contributed by atoms with van der Waals surface area (Å²) < 4.78 is 38.4. The van der Waals surface area contributed by atoms with Crippen molar-refractivity contribution in [3.63, 3.8) is 0 Å². The largest absolute Gasteiger partial charge is 0.493 e. The smallest absolute Gasteiger partial charge is 0.255 e. The first-order valence-corrected chi connectivity index (χ1v) is 12.4. The van der Waals surface area contributed by atoms with Gasteiger partial charge in [0.2, 0.25) is 10.0 Å². The van der Waals surface area contributed by atoms with Crippen LogP contribution in [0.4, 0.5) is 0 Å². The maximum atomic E-state index is 13.4. The van der Waals surface area contributed by atoms with E-state index in [9.17, 15) is 13.2 Å². The molecular formula is C25H26ClN3O5S. The van der Waals surface area contributed by atoms with Crippen molar-refractivity contribution in [2.45, 2.75) is 18.4 Å². The number of hydrogen-bond donors (Lipinski definition) is 1. The average molecular weight is 516 g/mol. The Labute approximate surface area is 210 Å². The number of methoxy groups -OCH3 is 2. The van der Waals surface area contributed by atoms with E-state index in [0.29, 0.717) is 27.6 Å². The van der Waals surface area contributed by atoms with Crippen LogP contribution in [0.3, 0.4) is 0 Å². The van der Waals surface area contributed by atoms with Crippen LogP contribution in [-0.2, 0) is 21.4 Å². The van der Waals surface area contributed by atoms with Gasteiger partial charge in [0.05, 0.1) is 31.9 Å². The Hall–Kier alpha value is -3.40. The molecule has 0 radical (unpaired) electrons. The number of ether oxygens (including phenoxy) is 2. The summed E-state index contributed by atoms with van der Waals surface area (Å²) in [5.41, 5.74) is 4.44. The van der Waals surface area contributed by atoms with Crippen LogP contribution in [0.25, 0.3) is 0 Å². The fourth-order valence-electron chi connectivity index (χ4n) is 3.28. The molecule has 10 heteroatoms. The molecule has 8 nitrogen and oxygen atoms in total. The van der Waals surface area contributed by atoms with Gasteiger partial charge in [-0.15, -0.1) is 0 Å². The van der Waals surface area contributed by atoms with Crippen molar-refractivity contribution in [3.8, 4) is 11.5 Å². The Bertz CT molecular complexity index is 1310. The predicted molar refractivity (Wildman–Crippen MR) is 136 cm³/mol. The Morgan fingerprint density at radius 2 is 1.74 bits per heavy atom. The van der Waals surface area contributed by atoms with Crippen LogP contribution in [0, 0.1) is 6.92 Å². The van der Waals surface area contributed by atoms with Gasteiger partial charge < -0.3 is 9.47 Å². The summed E-state index contributed by atoms with van der Waals surface area (Å²) in [5, 5.41) is 4.36. The van der Waals surface area contributed by atoms with Gasteiger partial charge in [0.25, 0.3) is 5.91 Å². The first kappa shape index (κ1) is 26.2. The molecule has 0 fully saturated rings. The zero-order valence-electron chi connectivity index (χ0n) is 19.6. The molecule has 0 aromatic heterocycles. The molecule has 1 amide bonds. The van der Waals surface area contributed by atoms with Gasteiger partial charge in [-0.25, -0.2) is 13.8 Å². The standard InChI is InChI=1S/C25H26ClN3O5S/c1-18-11-13-21(14-12-18)35(31,32)29(16-20-7-4-5-9-22(20)26)17-24(30)28-27-15-19-8-6-10-23(33-2)25(19)34-3/h4-15H,16-17H2,1-3H3,(H,28,30)/b27-15-. The predicted octanol–water partition coefficient (Wildman–Crippen LogP) is 4.01. The number of rotatable bonds is 10. The van der Waals surface area contributed by atoms with E-state index in [4.69, 9.17) is 21.1 Å². The molecule has 1 N–H and O–H groups in total. The van der Waals surface area contributed by atoms with Gasteiger partial charge >= 0.3 is 0 Å². The fraction of sp³-hybridized carbons (Fsp3) is 0.200. The third-order valence-electron chi connectivity index (χ3n) is 5.11. The van der Waals surface area contributed by atoms with Gasteiger partial charge in [-0.05, 0) is 42.8 Å². The van der Waals surface area contributed by atoms with Crippen molar-refractivity contribution in [2.75, 3.05) is 20.8 Å². The molecule has 3 rings (SSSR count). The second kappa shape index (κ2) is 11.8. The van der Waals surface area contributed by atoms with E-state index in [0.717, 1.165) is 9.87 Å². The number of carbonyl (C=O) groups is 1. The zero-order chi connectivity index (χ0) is 25.4. The van der Waals surface area contributed by atoms with Crippen LogP contribution in [0.2, 0.25) is 5.02 Å². The third kappa shape index (κ3) is 6.60. The highest BCUT2D eigenvalue weighted by molar-refractivity contribution is 7.89. The molecule has 0 unspecified atom stereocenters. The van der Waals surface area contributed by atoms with Gasteiger partial charge in [0, 0.05) is 17.1 Å². The lowest BCUT2D eigenvalue weighted by molar-refractivity contribution is -0.121. The second-order valence-corrected chi connectivity index (χ2v) is 9.90. The van der Waals surface area contributed by atoms with E-state index < -0.39 is 22.5 Å². The van der Waals surface area contributed by atoms with Gasteiger partial charge in [-0.3, -0.25) is 4.79 Å². The van der Waals surface area contributed by atoms with Crippen molar-refractivity contribution >= 4 is 33.7 Å². The molecule has 0 spiro atoms. The Morgan fingerprint density at radius 3 is 2.40 bits per heavy atom. The molecule has 0 atom stereocenters. The SMILES string of the molecule is COc1cccc(/C=N\NC(=O)CN(Cc2ccccc2Cl)S(=O)(=O)c2ccc(C)cc2)c1OC. The third-order valence-corrected chi connectivity index (χ3v) is 7.28. The lowest BCUT2D eigenvalue weighted by atomic mass is 10.2. The Morgan fingerprint density at radius 1 is 1.03 bits per heavy atom. The Balaban J connectivity index is 1.82. The minimum atomic E-state index is -4.00. The summed E-state index contributed by atoms with van der Waals surface area (Å²) in [6.07, 6.45) is 1.39. The number of halogens is 1. The number of benzene rings is 3. The van der Waals surface area contributed by atoms with E-state index in [1.807, 2.05) is 6.92 Å². The zero-order valence-corrected chi connectivity index (χ0v) is 21.1. The number of nitrogens with one attached hydrogen (secondary N) is 1. The molecule has 0 heterocycles. The minimum Gasteiger partial charge on any atom is -0.493 e. The number of carbonyl (C=O) groups excluding carboxylic acids is 1. The molecule has 0 aliphatic heterocycles. The highest BCUT2D eigenvalue weighted by Gasteiger charge is 2.27. The molecule has 0 aliphatic carbocycles. The Kier molecular flexibility index (Phi) is 8.86. The summed E-state index contributed by atoms with van der Waals surface area (Å²) in [5.74, 6) is 0.346. The lowest BCUT2D eigenvalue weighted by Crippen LogP contribution is -2.39. The molecule has 0 bridgehead atoms. The van der Waals surface area contributed by atoms with E-state index in [2.05, 4.69) is 10.5 Å².